The predicted octanol–water partition coefficient (Wildman–Crippen LogP) is 0.660. The van der Waals surface area contributed by atoms with E-state index in [4.69, 9.17) is 0 Å². The van der Waals surface area contributed by atoms with Gasteiger partial charge in [0.25, 0.3) is 5.95 Å². The summed E-state index contributed by atoms with van der Waals surface area (Å²) in [6, 6.07) is 0. The summed E-state index contributed by atoms with van der Waals surface area (Å²) in [4.78, 5) is 14.6. The third-order valence-electron chi connectivity index (χ3n) is 1.11. The van der Waals surface area contributed by atoms with Crippen LogP contribution in [-0.4, -0.2) is 26.9 Å². The fourth-order valence-corrected chi connectivity index (χ4v) is 0.655. The number of carbonyl (C=O) groups is 1. The second-order valence-electron chi connectivity index (χ2n) is 1.91. The van der Waals surface area contributed by atoms with Crippen molar-refractivity contribution < 1.29 is 4.79 Å². The van der Waals surface area contributed by atoms with E-state index >= 15 is 0 Å². The lowest BCUT2D eigenvalue weighted by Crippen LogP contribution is -2.02. The lowest BCUT2D eigenvalue weighted by atomic mass is 10.7. The molecule has 5 heteroatoms. The van der Waals surface area contributed by atoms with E-state index in [1.165, 1.54) is 17.8 Å². The van der Waals surface area contributed by atoms with E-state index in [2.05, 4.69) is 15.2 Å². The summed E-state index contributed by atoms with van der Waals surface area (Å²) in [5.74, 6) is 0.176. The van der Waals surface area contributed by atoms with E-state index in [0.717, 1.165) is 0 Å². The molecule has 0 amide bonds. The number of hydrogen-bond acceptors (Lipinski definition) is 4. The van der Waals surface area contributed by atoms with Crippen molar-refractivity contribution in [3.05, 3.63) is 6.33 Å². The molecule has 0 aromatic carbocycles. The number of nitrogens with zero attached hydrogens (tertiary/aromatic N) is 4. The molecule has 1 aromatic rings. The molecule has 0 aliphatic rings. The van der Waals surface area contributed by atoms with Crippen LogP contribution in [0.25, 0.3) is 0 Å². The van der Waals surface area contributed by atoms with Crippen molar-refractivity contribution in [2.75, 3.05) is 0 Å². The van der Waals surface area contributed by atoms with Gasteiger partial charge in [-0.2, -0.15) is 0 Å². The number of aromatic nitrogens is 3. The normalized spacial score (nSPS) is 10.7. The zero-order chi connectivity index (χ0) is 8.27. The molecule has 1 heterocycles. The molecule has 0 spiro atoms. The van der Waals surface area contributed by atoms with Crippen LogP contribution in [0, 0.1) is 0 Å². The van der Waals surface area contributed by atoms with Crippen molar-refractivity contribution in [3.8, 4) is 0 Å². The minimum atomic E-state index is -0.143. The molecule has 11 heavy (non-hydrogen) atoms. The minimum Gasteiger partial charge on any atom is -0.274 e. The Balaban J connectivity index is 3.05. The standard InChI is InChI=1S/C6H8N4O/c1-3-7-6-9-8-4-10(6)5(2)11/h3-4H,1-2H3/b7-3-. The average molecular weight is 152 g/mol. The van der Waals surface area contributed by atoms with Crippen LogP contribution in [0.15, 0.2) is 11.3 Å². The van der Waals surface area contributed by atoms with Crippen LogP contribution in [-0.2, 0) is 0 Å². The first-order valence-corrected chi connectivity index (χ1v) is 3.15. The van der Waals surface area contributed by atoms with Crippen molar-refractivity contribution in [3.63, 3.8) is 0 Å². The smallest absolute Gasteiger partial charge is 0.257 e. The van der Waals surface area contributed by atoms with Crippen molar-refractivity contribution in [2.24, 2.45) is 4.99 Å². The molecule has 5 nitrogen and oxygen atoms in total. The van der Waals surface area contributed by atoms with Crippen LogP contribution < -0.4 is 0 Å². The van der Waals surface area contributed by atoms with Gasteiger partial charge < -0.3 is 0 Å². The van der Waals surface area contributed by atoms with Gasteiger partial charge in [-0.15, -0.1) is 10.2 Å². The molecule has 0 unspecified atom stereocenters. The molecule has 0 aliphatic heterocycles. The Morgan fingerprint density at radius 2 is 2.55 bits per heavy atom. The lowest BCUT2D eigenvalue weighted by Gasteiger charge is -1.93. The van der Waals surface area contributed by atoms with Gasteiger partial charge in [-0.1, -0.05) is 0 Å². The van der Waals surface area contributed by atoms with Crippen LogP contribution in [0.5, 0.6) is 0 Å². The number of aliphatic imine (C=N–C) groups is 1. The van der Waals surface area contributed by atoms with E-state index in [0.29, 0.717) is 5.95 Å². The number of carbonyl (C=O) groups excluding carboxylic acids is 1. The van der Waals surface area contributed by atoms with Crippen molar-refractivity contribution >= 4 is 18.1 Å². The Morgan fingerprint density at radius 1 is 1.82 bits per heavy atom. The molecular weight excluding hydrogens is 144 g/mol. The van der Waals surface area contributed by atoms with Gasteiger partial charge in [-0.05, 0) is 6.92 Å². The summed E-state index contributed by atoms with van der Waals surface area (Å²) >= 11 is 0. The second-order valence-corrected chi connectivity index (χ2v) is 1.91. The molecule has 0 radical (unpaired) electrons. The monoisotopic (exact) mass is 152 g/mol. The highest BCUT2D eigenvalue weighted by molar-refractivity contribution is 5.78. The Kier molecular flexibility index (Phi) is 2.10. The fourth-order valence-electron chi connectivity index (χ4n) is 0.655. The quantitative estimate of drug-likeness (QED) is 0.555. The third-order valence-corrected chi connectivity index (χ3v) is 1.11. The molecule has 0 N–H and O–H groups in total. The maximum atomic E-state index is 10.8. The Bertz CT molecular complexity index is 289. The maximum Gasteiger partial charge on any atom is 0.257 e. The minimum absolute atomic E-state index is 0.143. The maximum absolute atomic E-state index is 10.8. The average Bonchev–Trinajstić information content (AvgIpc) is 2.36. The lowest BCUT2D eigenvalue weighted by molar-refractivity contribution is 0.0938. The first kappa shape index (κ1) is 7.59. The fraction of sp³-hybridized carbons (Fsp3) is 0.333. The summed E-state index contributed by atoms with van der Waals surface area (Å²) in [7, 11) is 0. The van der Waals surface area contributed by atoms with Crippen molar-refractivity contribution in [1.29, 1.82) is 0 Å². The predicted molar refractivity (Wildman–Crippen MR) is 40.1 cm³/mol. The highest BCUT2D eigenvalue weighted by Gasteiger charge is 2.03. The molecule has 0 fully saturated rings. The highest BCUT2D eigenvalue weighted by atomic mass is 16.2. The van der Waals surface area contributed by atoms with Gasteiger partial charge in [0.05, 0.1) is 0 Å². The molecule has 0 bridgehead atoms. The summed E-state index contributed by atoms with van der Waals surface area (Å²) in [5, 5.41) is 7.16. The summed E-state index contributed by atoms with van der Waals surface area (Å²) in [6.45, 7) is 3.18. The molecule has 58 valence electrons. The van der Waals surface area contributed by atoms with E-state index in [1.807, 2.05) is 0 Å². The molecule has 1 rings (SSSR count). The zero-order valence-corrected chi connectivity index (χ0v) is 6.35. The Labute approximate surface area is 63.8 Å². The van der Waals surface area contributed by atoms with Gasteiger partial charge in [0.1, 0.15) is 6.33 Å². The van der Waals surface area contributed by atoms with Crippen LogP contribution >= 0.6 is 0 Å². The van der Waals surface area contributed by atoms with Gasteiger partial charge >= 0.3 is 0 Å². The Morgan fingerprint density at radius 3 is 3.09 bits per heavy atom. The molecule has 0 aliphatic carbocycles. The van der Waals surface area contributed by atoms with Crippen LogP contribution in [0.3, 0.4) is 0 Å². The highest BCUT2D eigenvalue weighted by Crippen LogP contribution is 2.04. The van der Waals surface area contributed by atoms with Crippen molar-refractivity contribution in [2.45, 2.75) is 13.8 Å². The van der Waals surface area contributed by atoms with Crippen LogP contribution in [0.4, 0.5) is 5.95 Å². The van der Waals surface area contributed by atoms with Gasteiger partial charge in [-0.3, -0.25) is 4.79 Å². The zero-order valence-electron chi connectivity index (χ0n) is 6.35. The van der Waals surface area contributed by atoms with Gasteiger partial charge in [0.15, 0.2) is 0 Å². The molecule has 0 atom stereocenters. The summed E-state index contributed by atoms with van der Waals surface area (Å²) in [6.07, 6.45) is 2.90. The van der Waals surface area contributed by atoms with Crippen molar-refractivity contribution in [1.82, 2.24) is 14.8 Å². The third kappa shape index (κ3) is 1.49. The first-order valence-electron chi connectivity index (χ1n) is 3.15. The number of rotatable bonds is 1. The summed E-state index contributed by atoms with van der Waals surface area (Å²) in [5.41, 5.74) is 0. The van der Waals surface area contributed by atoms with Crippen LogP contribution in [0.1, 0.15) is 18.6 Å². The van der Waals surface area contributed by atoms with E-state index in [9.17, 15) is 4.79 Å². The van der Waals surface area contributed by atoms with Gasteiger partial charge in [0.2, 0.25) is 5.91 Å². The van der Waals surface area contributed by atoms with E-state index in [-0.39, 0.29) is 5.91 Å². The second kappa shape index (κ2) is 3.05. The molecule has 0 saturated carbocycles. The number of hydrogen-bond donors (Lipinski definition) is 0. The van der Waals surface area contributed by atoms with Crippen LogP contribution in [0.2, 0.25) is 0 Å². The summed E-state index contributed by atoms with van der Waals surface area (Å²) < 4.78 is 1.28. The van der Waals surface area contributed by atoms with E-state index < -0.39 is 0 Å². The van der Waals surface area contributed by atoms with Gasteiger partial charge in [-0.25, -0.2) is 9.56 Å². The largest absolute Gasteiger partial charge is 0.274 e. The van der Waals surface area contributed by atoms with Gasteiger partial charge in [0, 0.05) is 13.1 Å². The first-order chi connectivity index (χ1) is 5.25. The topological polar surface area (TPSA) is 60.1 Å². The molecule has 0 saturated heterocycles. The molecule has 1 aromatic heterocycles. The molecular formula is C6H8N4O. The van der Waals surface area contributed by atoms with E-state index in [1.54, 1.807) is 13.1 Å². The SMILES string of the molecule is C/C=N\c1nncn1C(C)=O. The Hall–Kier alpha value is -1.52.